The predicted octanol–water partition coefficient (Wildman–Crippen LogP) is 13.8. The van der Waals surface area contributed by atoms with E-state index in [-0.39, 0.29) is 77.1 Å². The average Bonchev–Trinajstić information content (AvgIpc) is 1.59. The molecule has 24 heteroatoms. The van der Waals surface area contributed by atoms with Crippen LogP contribution in [0.1, 0.15) is 79.8 Å². The minimum absolute atomic E-state index is 0.0276. The van der Waals surface area contributed by atoms with E-state index >= 15 is 13.2 Å². The summed E-state index contributed by atoms with van der Waals surface area (Å²) >= 11 is 0. The first kappa shape index (κ1) is 67.3. The second kappa shape index (κ2) is 27.5. The van der Waals surface area contributed by atoms with Crippen molar-refractivity contribution in [1.29, 1.82) is 0 Å². The van der Waals surface area contributed by atoms with E-state index in [1.165, 1.54) is 41.3 Å². The topological polar surface area (TPSA) is 202 Å². The fourth-order valence-corrected chi connectivity index (χ4v) is 14.4. The highest BCUT2D eigenvalue weighted by atomic mass is 19.3. The molecule has 3 aliphatic heterocycles. The number of alkyl halides is 3. The van der Waals surface area contributed by atoms with Crippen LogP contribution in [-0.2, 0) is 28.8 Å². The predicted molar refractivity (Wildman–Crippen MR) is 382 cm³/mol. The Bertz CT molecular complexity index is 5310. The molecule has 18 nitrogen and oxygen atoms in total. The van der Waals surface area contributed by atoms with Gasteiger partial charge in [0.15, 0.2) is 0 Å². The van der Waals surface area contributed by atoms with E-state index in [0.29, 0.717) is 46.4 Å². The average molecular weight is 1420 g/mol. The summed E-state index contributed by atoms with van der Waals surface area (Å²) in [5.41, 5.74) is 8.12. The maximum atomic E-state index is 15.4. The molecule has 6 heterocycles. The highest BCUT2D eigenvalue weighted by Crippen LogP contribution is 2.48. The molecule has 0 bridgehead atoms. The zero-order chi connectivity index (χ0) is 72.4. The van der Waals surface area contributed by atoms with Crippen LogP contribution in [-0.4, -0.2) is 95.0 Å². The third kappa shape index (κ3) is 13.2. The van der Waals surface area contributed by atoms with Crippen molar-refractivity contribution in [3.05, 3.63) is 271 Å². The number of carbonyl (C=O) groups excluding carboxylic acids is 6. The van der Waals surface area contributed by atoms with Gasteiger partial charge in [-0.05, 0) is 183 Å². The Morgan fingerprint density at radius 3 is 1.16 bits per heavy atom. The van der Waals surface area contributed by atoms with Crippen molar-refractivity contribution >= 4 is 85.2 Å². The maximum absolute atomic E-state index is 15.4. The van der Waals surface area contributed by atoms with Crippen LogP contribution in [0.3, 0.4) is 0 Å². The van der Waals surface area contributed by atoms with Crippen LogP contribution in [0.15, 0.2) is 237 Å². The number of aromatic nitrogens is 6. The van der Waals surface area contributed by atoms with E-state index in [4.69, 9.17) is 0 Å². The molecular formula is C81H66F6N12O6. The number of hydrogen-bond donors (Lipinski definition) is 3. The van der Waals surface area contributed by atoms with Gasteiger partial charge in [0.1, 0.15) is 23.5 Å². The molecule has 3 aromatic heterocycles. The molecule has 528 valence electrons. The molecule has 18 rings (SSSR count). The minimum Gasteiger partial charge on any atom is -0.350 e. The second-order valence-corrected chi connectivity index (χ2v) is 27.2. The normalized spacial score (nSPS) is 21.1. The number of benzene rings is 9. The lowest BCUT2D eigenvalue weighted by molar-refractivity contribution is -0.142. The Labute approximate surface area is 596 Å². The molecule has 0 unspecified atom stereocenters. The summed E-state index contributed by atoms with van der Waals surface area (Å²) in [5, 5.41) is 23.9. The number of halogens is 6. The van der Waals surface area contributed by atoms with Crippen LogP contribution >= 0.6 is 0 Å². The van der Waals surface area contributed by atoms with Crippen molar-refractivity contribution in [3.8, 4) is 17.1 Å². The van der Waals surface area contributed by atoms with Gasteiger partial charge in [-0.25, -0.2) is 31.6 Å². The quantitative estimate of drug-likeness (QED) is 0.0835. The highest BCUT2D eigenvalue weighted by molar-refractivity contribution is 6.06. The van der Waals surface area contributed by atoms with E-state index in [1.807, 2.05) is 78.9 Å². The molecule has 3 aliphatic carbocycles. The molecule has 6 amide bonds. The molecular weight excluding hydrogens is 1350 g/mol. The zero-order valence-electron chi connectivity index (χ0n) is 56.0. The minimum atomic E-state index is -3.79. The monoisotopic (exact) mass is 1420 g/mol. The Morgan fingerprint density at radius 1 is 0.400 bits per heavy atom. The van der Waals surface area contributed by atoms with Gasteiger partial charge >= 0.3 is 5.92 Å². The summed E-state index contributed by atoms with van der Waals surface area (Å²) in [5.74, 6) is -7.82. The number of amides is 6. The van der Waals surface area contributed by atoms with Gasteiger partial charge in [0.2, 0.25) is 29.8 Å². The number of anilines is 3. The molecule has 0 spiro atoms. The molecule has 6 fully saturated rings. The molecule has 6 aliphatic rings. The molecule has 12 aromatic rings. The summed E-state index contributed by atoms with van der Waals surface area (Å²) in [4.78, 5) is 81.5. The van der Waals surface area contributed by atoms with Crippen molar-refractivity contribution in [2.45, 2.75) is 93.3 Å². The van der Waals surface area contributed by atoms with Crippen LogP contribution in [0, 0.1) is 35.2 Å². The number of fused-ring (bicyclic) bond motifs is 3. The van der Waals surface area contributed by atoms with Gasteiger partial charge in [-0.2, -0.15) is 24.1 Å². The fraction of sp³-hybridized carbons (Fsp3) is 0.222. The van der Waals surface area contributed by atoms with Gasteiger partial charge < -0.3 is 25.8 Å². The van der Waals surface area contributed by atoms with Crippen molar-refractivity contribution in [2.24, 2.45) is 17.8 Å². The summed E-state index contributed by atoms with van der Waals surface area (Å²) in [7, 11) is 0. The third-order valence-electron chi connectivity index (χ3n) is 20.1. The number of nitrogens with zero attached hydrogens (tertiary/aromatic N) is 9. The smallest absolute Gasteiger partial charge is 0.347 e. The van der Waals surface area contributed by atoms with Crippen molar-refractivity contribution in [3.63, 3.8) is 0 Å². The Balaban J connectivity index is 0.000000121. The molecule has 105 heavy (non-hydrogen) atoms. The van der Waals surface area contributed by atoms with Crippen LogP contribution in [0.2, 0.25) is 0 Å². The van der Waals surface area contributed by atoms with E-state index in [9.17, 15) is 41.9 Å². The lowest BCUT2D eigenvalue weighted by atomic mass is 9.97. The van der Waals surface area contributed by atoms with Crippen molar-refractivity contribution in [1.82, 2.24) is 45.3 Å². The van der Waals surface area contributed by atoms with Gasteiger partial charge in [0, 0.05) is 57.4 Å². The fourth-order valence-electron chi connectivity index (χ4n) is 14.4. The summed E-state index contributed by atoms with van der Waals surface area (Å²) in [6, 6.07) is 56.5. The molecule has 7 atom stereocenters. The third-order valence-corrected chi connectivity index (χ3v) is 20.1. The molecule has 3 N–H and O–H groups in total. The number of carbonyl (C=O) groups is 6. The first-order valence-corrected chi connectivity index (χ1v) is 34.7. The van der Waals surface area contributed by atoms with Crippen molar-refractivity contribution < 1.29 is 55.1 Å². The SMILES string of the molecule is O=C(N[C@@H]1[C@@H](c2ccccc2)N(c2ccc3c(cnn3-c3ccc(F)cc3)c2)C(=O)C1(F)F)C1CC1.O=C(N[C@H]1CC(=O)N(c2ccc3c(cnn3-c3ccc(F)cc3)c2)[C@@H]1c1ccccc1)C1CC1.O=C(N[C@H]1[C@H](F)C(=O)N(c2ccc3c(cnn3-c3ccc(F)cc3)c2)[C@@H]1c1ccccc1)C1CC1. The number of nitrogens with one attached hydrogen (secondary N) is 3. The van der Waals surface area contributed by atoms with Gasteiger partial charge in [-0.1, -0.05) is 91.0 Å². The molecule has 9 aromatic carbocycles. The standard InChI is InChI=1S/C27H21F3N4O2.C27H22F2N4O2.C27H23FN4O2/c28-19-8-10-20(11-9-19)34-22-13-12-21(14-18(22)15-31-34)33-23(16-4-2-1-3-5-16)24(27(29,30)26(33)36)32-25(35)17-6-7-17;28-19-8-10-20(11-9-19)33-22-13-12-21(14-18(22)15-30-33)32-25(16-4-2-1-3-5-16)24(23(29)27(32)35)31-26(34)17-6-7-17;28-20-8-10-21(11-9-20)32-24-13-12-22(14-19(24)16-29-32)31-25(33)15-23(30-27(34)18-6-7-18)26(31)17-4-2-1-3-5-17/h1-5,8-15,17,23-24H,6-7H2,(H,32,35);1-5,8-15,17,23-25H,6-7H2,(H,31,34);1-5,8-14,16,18,23,26H,6-7,15H2,(H,30,34)/t23-,24-;23-,24-,25+;23-,26+/m100/s1. The van der Waals surface area contributed by atoms with Gasteiger partial charge in [0.25, 0.3) is 11.8 Å². The lowest BCUT2D eigenvalue weighted by Crippen LogP contribution is -2.49. The Kier molecular flexibility index (Phi) is 17.6. The van der Waals surface area contributed by atoms with Crippen LogP contribution in [0.25, 0.3) is 49.8 Å². The molecule has 3 saturated carbocycles. The first-order chi connectivity index (χ1) is 50.9. The van der Waals surface area contributed by atoms with E-state index in [1.54, 1.807) is 141 Å². The summed E-state index contributed by atoms with van der Waals surface area (Å²) in [6.45, 7) is 0. The van der Waals surface area contributed by atoms with Crippen molar-refractivity contribution in [2.75, 3.05) is 14.7 Å². The highest BCUT2D eigenvalue weighted by Gasteiger charge is 2.63. The van der Waals surface area contributed by atoms with Crippen LogP contribution in [0.4, 0.5) is 43.4 Å². The first-order valence-electron chi connectivity index (χ1n) is 34.7. The van der Waals surface area contributed by atoms with Gasteiger partial charge in [-0.15, -0.1) is 0 Å². The Morgan fingerprint density at radius 2 is 0.752 bits per heavy atom. The zero-order valence-corrected chi connectivity index (χ0v) is 56.0. The lowest BCUT2D eigenvalue weighted by Gasteiger charge is -2.29. The Hall–Kier alpha value is -12.2. The van der Waals surface area contributed by atoms with E-state index in [2.05, 4.69) is 31.2 Å². The van der Waals surface area contributed by atoms with Crippen LogP contribution < -0.4 is 30.7 Å². The van der Waals surface area contributed by atoms with Gasteiger partial charge in [0.05, 0.1) is 82.4 Å². The molecule has 0 radical (unpaired) electrons. The summed E-state index contributed by atoms with van der Waals surface area (Å²) < 4.78 is 91.4. The molecule has 3 saturated heterocycles. The maximum Gasteiger partial charge on any atom is 0.347 e. The van der Waals surface area contributed by atoms with Crippen LogP contribution in [0.5, 0.6) is 0 Å². The second-order valence-electron chi connectivity index (χ2n) is 27.2. The number of rotatable bonds is 15. The van der Waals surface area contributed by atoms with E-state index in [0.717, 1.165) is 74.9 Å². The van der Waals surface area contributed by atoms with E-state index < -0.39 is 54.0 Å². The van der Waals surface area contributed by atoms with Gasteiger partial charge in [-0.3, -0.25) is 33.7 Å². The largest absolute Gasteiger partial charge is 0.350 e. The summed E-state index contributed by atoms with van der Waals surface area (Å²) in [6.07, 6.45) is 8.08. The number of hydrogen-bond acceptors (Lipinski definition) is 9.